The molecule has 14 nitrogen and oxygen atoms in total. The lowest BCUT2D eigenvalue weighted by atomic mass is 9.96. The molecule has 1 aromatic rings. The molecule has 0 saturated carbocycles. The summed E-state index contributed by atoms with van der Waals surface area (Å²) in [5, 5.41) is 53.9. The van der Waals surface area contributed by atoms with Crippen molar-refractivity contribution in [1.29, 1.82) is 0 Å². The van der Waals surface area contributed by atoms with Gasteiger partial charge in [-0.2, -0.15) is 8.42 Å². The molecule has 10 atom stereocenters. The molecule has 2 aliphatic rings. The summed E-state index contributed by atoms with van der Waals surface area (Å²) < 4.78 is 52.6. The number of amides is 1. The van der Waals surface area contributed by atoms with E-state index in [4.69, 9.17) is 18.8 Å². The highest BCUT2D eigenvalue weighted by Gasteiger charge is 2.52. The molecule has 2 heterocycles. The highest BCUT2D eigenvalue weighted by Crippen LogP contribution is 2.36. The molecule has 204 valence electrons. The number of aliphatic hydroxyl groups excluding tert-OH is 5. The number of hydrogen-bond acceptors (Lipinski definition) is 13. The molecule has 2 aliphatic heterocycles. The SMILES string of the molecule is CC(=O)N[C@@H]1[C@@H](O)[C@H](O[C@@H]2O[C@H](CO)[C@H](O)[C@H](OS(=O)(=O)O)[C@H]2O)[C@@H](CO)O[C@H]1Sc1ccccc1. The van der Waals surface area contributed by atoms with Crippen molar-refractivity contribution in [1.82, 2.24) is 5.32 Å². The fourth-order valence-corrected chi connectivity index (χ4v) is 5.60. The maximum atomic E-state index is 11.9. The quantitative estimate of drug-likeness (QED) is 0.155. The van der Waals surface area contributed by atoms with E-state index in [0.29, 0.717) is 0 Å². The van der Waals surface area contributed by atoms with E-state index in [2.05, 4.69) is 9.50 Å². The van der Waals surface area contributed by atoms with E-state index in [1.165, 1.54) is 18.7 Å². The lowest BCUT2D eigenvalue weighted by Crippen LogP contribution is -2.67. The van der Waals surface area contributed by atoms with Crippen LogP contribution in [-0.2, 0) is 33.6 Å². The Kier molecular flexibility index (Phi) is 10.1. The Bertz CT molecular complexity index is 968. The standard InChI is InChI=1S/C20H29NO13S2/c1-9(24)21-13-15(26)17(12(8-23)32-20(13)35-10-5-3-2-4-6-10)33-19-16(27)18(34-36(28,29)30)14(25)11(7-22)31-19/h2-6,11-20,22-23,25-27H,7-8H2,1H3,(H,21,24)(H,28,29,30)/t11-,12-,13-,14+,15-,16-,17-,18+,19+,20+/m1/s1. The first kappa shape index (κ1) is 29.2. The first-order chi connectivity index (χ1) is 16.9. The Hall–Kier alpha value is -1.41. The number of ether oxygens (including phenoxy) is 3. The molecule has 2 fully saturated rings. The van der Waals surface area contributed by atoms with Gasteiger partial charge in [-0.1, -0.05) is 30.0 Å². The molecule has 0 radical (unpaired) electrons. The maximum Gasteiger partial charge on any atom is 0.397 e. The van der Waals surface area contributed by atoms with Crippen LogP contribution in [0.2, 0.25) is 0 Å². The molecule has 36 heavy (non-hydrogen) atoms. The minimum atomic E-state index is -5.14. The van der Waals surface area contributed by atoms with Gasteiger partial charge in [0.25, 0.3) is 0 Å². The molecule has 1 amide bonds. The Labute approximate surface area is 211 Å². The van der Waals surface area contributed by atoms with Gasteiger partial charge in [-0.25, -0.2) is 4.18 Å². The van der Waals surface area contributed by atoms with E-state index in [1.807, 2.05) is 0 Å². The van der Waals surface area contributed by atoms with Crippen molar-refractivity contribution in [3.05, 3.63) is 30.3 Å². The molecule has 0 aliphatic carbocycles. The number of hydrogen-bond donors (Lipinski definition) is 7. The summed E-state index contributed by atoms with van der Waals surface area (Å²) in [5.41, 5.74) is -0.872. The normalized spacial score (nSPS) is 37.4. The van der Waals surface area contributed by atoms with Crippen LogP contribution in [0.15, 0.2) is 35.2 Å². The zero-order valence-electron chi connectivity index (χ0n) is 18.9. The highest BCUT2D eigenvalue weighted by molar-refractivity contribution is 7.99. The fraction of sp³-hybridized carbons (Fsp3) is 0.650. The second-order valence-corrected chi connectivity index (χ2v) is 10.4. The minimum absolute atomic E-state index is 0.499. The van der Waals surface area contributed by atoms with E-state index in [0.717, 1.165) is 4.90 Å². The molecule has 0 unspecified atom stereocenters. The van der Waals surface area contributed by atoms with Gasteiger partial charge in [0.1, 0.15) is 48.2 Å². The van der Waals surface area contributed by atoms with Crippen LogP contribution in [-0.4, -0.2) is 118 Å². The molecule has 2 saturated heterocycles. The number of carbonyl (C=O) groups excluding carboxylic acids is 1. The first-order valence-electron chi connectivity index (χ1n) is 10.8. The van der Waals surface area contributed by atoms with E-state index in [1.54, 1.807) is 30.3 Å². The summed E-state index contributed by atoms with van der Waals surface area (Å²) >= 11 is 1.17. The van der Waals surface area contributed by atoms with Gasteiger partial charge in [0.2, 0.25) is 5.91 Å². The molecule has 0 bridgehead atoms. The van der Waals surface area contributed by atoms with Crippen molar-refractivity contribution >= 4 is 28.1 Å². The van der Waals surface area contributed by atoms with Crippen molar-refractivity contribution in [2.75, 3.05) is 13.2 Å². The van der Waals surface area contributed by atoms with Crippen LogP contribution in [0.1, 0.15) is 6.92 Å². The van der Waals surface area contributed by atoms with Crippen molar-refractivity contribution in [2.45, 2.75) is 72.3 Å². The number of benzene rings is 1. The number of thioether (sulfide) groups is 1. The van der Waals surface area contributed by atoms with E-state index in [-0.39, 0.29) is 0 Å². The lowest BCUT2D eigenvalue weighted by Gasteiger charge is -2.47. The average Bonchev–Trinajstić information content (AvgIpc) is 2.82. The molecule has 0 spiro atoms. The maximum absolute atomic E-state index is 11.9. The zero-order valence-corrected chi connectivity index (χ0v) is 20.6. The van der Waals surface area contributed by atoms with Gasteiger partial charge in [-0.05, 0) is 12.1 Å². The van der Waals surface area contributed by atoms with Gasteiger partial charge >= 0.3 is 10.4 Å². The van der Waals surface area contributed by atoms with Crippen molar-refractivity contribution < 1.29 is 61.7 Å². The first-order valence-corrected chi connectivity index (χ1v) is 13.1. The molecular formula is C20H29NO13S2. The smallest absolute Gasteiger partial charge is 0.394 e. The van der Waals surface area contributed by atoms with Crippen molar-refractivity contribution in [3.8, 4) is 0 Å². The Morgan fingerprint density at radius 2 is 1.64 bits per heavy atom. The number of carbonyl (C=O) groups is 1. The van der Waals surface area contributed by atoms with Gasteiger partial charge in [0.05, 0.1) is 19.3 Å². The second-order valence-electron chi connectivity index (χ2n) is 8.17. The minimum Gasteiger partial charge on any atom is -0.394 e. The Morgan fingerprint density at radius 3 is 2.19 bits per heavy atom. The summed E-state index contributed by atoms with van der Waals surface area (Å²) in [6, 6.07) is 7.86. The number of aliphatic hydroxyl groups is 5. The third kappa shape index (κ3) is 7.12. The predicted octanol–water partition coefficient (Wildman–Crippen LogP) is -2.63. The van der Waals surface area contributed by atoms with Gasteiger partial charge in [0, 0.05) is 11.8 Å². The molecule has 3 rings (SSSR count). The van der Waals surface area contributed by atoms with Crippen LogP contribution in [0.4, 0.5) is 0 Å². The molecular weight excluding hydrogens is 526 g/mol. The number of nitrogens with one attached hydrogen (secondary N) is 1. The molecule has 0 aromatic heterocycles. The van der Waals surface area contributed by atoms with Gasteiger partial charge in [-0.15, -0.1) is 0 Å². The van der Waals surface area contributed by atoms with Crippen LogP contribution in [0.5, 0.6) is 0 Å². The predicted molar refractivity (Wildman–Crippen MR) is 121 cm³/mol. The molecule has 16 heteroatoms. The second kappa shape index (κ2) is 12.4. The summed E-state index contributed by atoms with van der Waals surface area (Å²) in [6.07, 6.45) is -13.4. The van der Waals surface area contributed by atoms with E-state index in [9.17, 15) is 38.7 Å². The third-order valence-corrected chi connectivity index (χ3v) is 7.21. The monoisotopic (exact) mass is 555 g/mol. The van der Waals surface area contributed by atoms with Crippen LogP contribution < -0.4 is 5.32 Å². The summed E-state index contributed by atoms with van der Waals surface area (Å²) in [4.78, 5) is 12.6. The molecule has 1 aromatic carbocycles. The Balaban J connectivity index is 1.85. The largest absolute Gasteiger partial charge is 0.397 e. The van der Waals surface area contributed by atoms with Gasteiger partial charge in [-0.3, -0.25) is 9.35 Å². The van der Waals surface area contributed by atoms with E-state index >= 15 is 0 Å². The highest BCUT2D eigenvalue weighted by atomic mass is 32.3. The van der Waals surface area contributed by atoms with Crippen LogP contribution >= 0.6 is 11.8 Å². The summed E-state index contributed by atoms with van der Waals surface area (Å²) in [5.74, 6) is -0.499. The fourth-order valence-electron chi connectivity index (χ4n) is 3.93. The van der Waals surface area contributed by atoms with Gasteiger partial charge in [0.15, 0.2) is 6.29 Å². The molecule has 7 N–H and O–H groups in total. The van der Waals surface area contributed by atoms with Crippen LogP contribution in [0, 0.1) is 0 Å². The van der Waals surface area contributed by atoms with E-state index < -0.39 is 90.0 Å². The van der Waals surface area contributed by atoms with Crippen molar-refractivity contribution in [3.63, 3.8) is 0 Å². The van der Waals surface area contributed by atoms with Crippen LogP contribution in [0.3, 0.4) is 0 Å². The average molecular weight is 556 g/mol. The summed E-state index contributed by atoms with van der Waals surface area (Å²) in [7, 11) is -5.14. The number of rotatable bonds is 9. The third-order valence-electron chi connectivity index (χ3n) is 5.56. The lowest BCUT2D eigenvalue weighted by molar-refractivity contribution is -0.330. The summed E-state index contributed by atoms with van der Waals surface area (Å²) in [6.45, 7) is -0.291. The van der Waals surface area contributed by atoms with Crippen LogP contribution in [0.25, 0.3) is 0 Å². The topological polar surface area (TPSA) is 222 Å². The Morgan fingerprint density at radius 1 is 1.00 bits per heavy atom. The van der Waals surface area contributed by atoms with Gasteiger partial charge < -0.3 is 45.1 Å². The zero-order chi connectivity index (χ0) is 26.6. The van der Waals surface area contributed by atoms with Crippen molar-refractivity contribution in [2.24, 2.45) is 0 Å².